The molecule has 2 aromatic heterocycles. The van der Waals surface area contributed by atoms with Crippen LogP contribution in [-0.4, -0.2) is 26.8 Å². The van der Waals surface area contributed by atoms with Gasteiger partial charge in [0.15, 0.2) is 5.65 Å². The number of ether oxygens (including phenoxy) is 1. The Bertz CT molecular complexity index is 1250. The molecule has 0 atom stereocenters. The van der Waals surface area contributed by atoms with E-state index < -0.39 is 0 Å². The molecule has 0 spiro atoms. The number of aromatic nitrogens is 3. The normalized spacial score (nSPS) is 10.7. The highest BCUT2D eigenvalue weighted by Crippen LogP contribution is 2.30. The highest BCUT2D eigenvalue weighted by Gasteiger charge is 2.11. The number of phenols is 1. The van der Waals surface area contributed by atoms with E-state index in [0.29, 0.717) is 34.3 Å². The quantitative estimate of drug-likeness (QED) is 0.542. The van der Waals surface area contributed by atoms with Crippen molar-refractivity contribution in [3.63, 3.8) is 0 Å². The van der Waals surface area contributed by atoms with Crippen molar-refractivity contribution >= 4 is 17.3 Å². The van der Waals surface area contributed by atoms with Gasteiger partial charge < -0.3 is 15.2 Å². The van der Waals surface area contributed by atoms with Gasteiger partial charge in [0.2, 0.25) is 5.95 Å². The lowest BCUT2D eigenvalue weighted by Crippen LogP contribution is -1.97. The van der Waals surface area contributed by atoms with Crippen molar-refractivity contribution in [3.05, 3.63) is 65.4 Å². The number of aryl methyl sites for hydroxylation is 2. The molecule has 7 heteroatoms. The number of hydrogen-bond donors (Lipinski definition) is 2. The Labute approximate surface area is 167 Å². The number of nitriles is 1. The Morgan fingerprint density at radius 2 is 1.83 bits per heavy atom. The Morgan fingerprint density at radius 3 is 2.52 bits per heavy atom. The summed E-state index contributed by atoms with van der Waals surface area (Å²) in [6.07, 6.45) is 1.89. The van der Waals surface area contributed by atoms with Crippen molar-refractivity contribution in [2.75, 3.05) is 12.4 Å². The standard InChI is InChI=1S/C22H19N5O2/c1-13-8-17(9-14(2)21(13)28)16-5-7-20-25-22(26-27(20)12-16)24-18-10-15(11-23)4-6-19(18)29-3/h4-10,12,28H,1-3H3,(H,24,26). The molecule has 0 amide bonds. The molecule has 144 valence electrons. The second-order valence-corrected chi connectivity index (χ2v) is 6.77. The first kappa shape index (κ1) is 18.3. The second-order valence-electron chi connectivity index (χ2n) is 6.77. The van der Waals surface area contributed by atoms with Gasteiger partial charge in [0.05, 0.1) is 24.4 Å². The van der Waals surface area contributed by atoms with Gasteiger partial charge in [0.1, 0.15) is 11.5 Å². The predicted molar refractivity (Wildman–Crippen MR) is 111 cm³/mol. The van der Waals surface area contributed by atoms with Crippen LogP contribution in [0.15, 0.2) is 48.7 Å². The first-order valence-corrected chi connectivity index (χ1v) is 9.00. The van der Waals surface area contributed by atoms with Crippen molar-refractivity contribution in [1.82, 2.24) is 14.6 Å². The predicted octanol–water partition coefficient (Wildman–Crippen LogP) is 4.34. The van der Waals surface area contributed by atoms with Crippen molar-refractivity contribution in [2.45, 2.75) is 13.8 Å². The minimum atomic E-state index is 0.315. The summed E-state index contributed by atoms with van der Waals surface area (Å²) in [7, 11) is 1.57. The molecule has 0 fully saturated rings. The van der Waals surface area contributed by atoms with E-state index in [0.717, 1.165) is 22.3 Å². The van der Waals surface area contributed by atoms with Crippen molar-refractivity contribution in [3.8, 4) is 28.7 Å². The maximum absolute atomic E-state index is 10.0. The molecule has 0 saturated carbocycles. The van der Waals surface area contributed by atoms with Gasteiger partial charge >= 0.3 is 0 Å². The van der Waals surface area contributed by atoms with Gasteiger partial charge in [0, 0.05) is 11.8 Å². The number of rotatable bonds is 4. The number of fused-ring (bicyclic) bond motifs is 1. The number of methoxy groups -OCH3 is 1. The van der Waals surface area contributed by atoms with Crippen LogP contribution >= 0.6 is 0 Å². The Hall–Kier alpha value is -4.05. The summed E-state index contributed by atoms with van der Waals surface area (Å²) in [6, 6.07) is 15.0. The van der Waals surface area contributed by atoms with Gasteiger partial charge in [-0.25, -0.2) is 4.52 Å². The molecule has 0 aliphatic carbocycles. The van der Waals surface area contributed by atoms with E-state index in [1.807, 2.05) is 44.3 Å². The second kappa shape index (κ2) is 7.17. The Kier molecular flexibility index (Phi) is 4.53. The number of phenolic OH excluding ortho intramolecular Hbond substituents is 1. The number of nitrogens with one attached hydrogen (secondary N) is 1. The van der Waals surface area contributed by atoms with Crippen LogP contribution in [0.3, 0.4) is 0 Å². The molecular formula is C22H19N5O2. The number of hydrogen-bond acceptors (Lipinski definition) is 6. The third-order valence-corrected chi connectivity index (χ3v) is 4.73. The molecule has 7 nitrogen and oxygen atoms in total. The zero-order valence-corrected chi connectivity index (χ0v) is 16.3. The lowest BCUT2D eigenvalue weighted by molar-refractivity contribution is 0.416. The van der Waals surface area contributed by atoms with Crippen LogP contribution in [0.5, 0.6) is 11.5 Å². The molecule has 0 radical (unpaired) electrons. The highest BCUT2D eigenvalue weighted by molar-refractivity contribution is 5.69. The number of aromatic hydroxyl groups is 1. The maximum atomic E-state index is 10.0. The fourth-order valence-corrected chi connectivity index (χ4v) is 3.23. The average molecular weight is 385 g/mol. The summed E-state index contributed by atoms with van der Waals surface area (Å²) in [5.41, 5.74) is 5.41. The number of pyridine rings is 1. The van der Waals surface area contributed by atoms with Gasteiger partial charge in [-0.2, -0.15) is 10.2 Å². The van der Waals surface area contributed by atoms with Crippen LogP contribution in [0.2, 0.25) is 0 Å². The van der Waals surface area contributed by atoms with Crippen LogP contribution in [0.4, 0.5) is 11.6 Å². The van der Waals surface area contributed by atoms with Gasteiger partial charge in [-0.3, -0.25) is 0 Å². The maximum Gasteiger partial charge on any atom is 0.247 e. The van der Waals surface area contributed by atoms with E-state index >= 15 is 0 Å². The Balaban J connectivity index is 1.71. The summed E-state index contributed by atoms with van der Waals surface area (Å²) < 4.78 is 7.04. The molecule has 2 N–H and O–H groups in total. The van der Waals surface area contributed by atoms with Gasteiger partial charge in [0.25, 0.3) is 0 Å². The van der Waals surface area contributed by atoms with Crippen molar-refractivity contribution < 1.29 is 9.84 Å². The first-order chi connectivity index (χ1) is 14.0. The Morgan fingerprint density at radius 1 is 1.07 bits per heavy atom. The molecule has 29 heavy (non-hydrogen) atoms. The van der Waals surface area contributed by atoms with E-state index in [1.165, 1.54) is 0 Å². The summed E-state index contributed by atoms with van der Waals surface area (Å²) in [4.78, 5) is 4.49. The summed E-state index contributed by atoms with van der Waals surface area (Å²) in [5.74, 6) is 1.31. The van der Waals surface area contributed by atoms with Crippen LogP contribution in [0.1, 0.15) is 16.7 Å². The molecule has 0 aliphatic rings. The lowest BCUT2D eigenvalue weighted by Gasteiger charge is -2.08. The zero-order chi connectivity index (χ0) is 20.5. The largest absolute Gasteiger partial charge is 0.507 e. The number of benzene rings is 2. The number of anilines is 2. The molecule has 2 aromatic carbocycles. The molecular weight excluding hydrogens is 366 g/mol. The topological polar surface area (TPSA) is 95.5 Å². The SMILES string of the molecule is COc1ccc(C#N)cc1Nc1nc2ccc(-c3cc(C)c(O)c(C)c3)cn2n1. The molecule has 0 saturated heterocycles. The minimum Gasteiger partial charge on any atom is -0.507 e. The summed E-state index contributed by atoms with van der Waals surface area (Å²) in [6.45, 7) is 3.76. The fraction of sp³-hybridized carbons (Fsp3) is 0.136. The molecule has 0 unspecified atom stereocenters. The van der Waals surface area contributed by atoms with E-state index in [1.54, 1.807) is 29.8 Å². The smallest absolute Gasteiger partial charge is 0.247 e. The molecule has 4 aromatic rings. The minimum absolute atomic E-state index is 0.315. The lowest BCUT2D eigenvalue weighted by atomic mass is 10.0. The molecule has 0 bridgehead atoms. The average Bonchev–Trinajstić information content (AvgIpc) is 3.13. The summed E-state index contributed by atoms with van der Waals surface area (Å²) in [5, 5.41) is 26.8. The van der Waals surface area contributed by atoms with Gasteiger partial charge in [-0.1, -0.05) is 0 Å². The first-order valence-electron chi connectivity index (χ1n) is 9.00. The van der Waals surface area contributed by atoms with E-state index in [4.69, 9.17) is 10.00 Å². The summed E-state index contributed by atoms with van der Waals surface area (Å²) >= 11 is 0. The van der Waals surface area contributed by atoms with Gasteiger partial charge in [-0.05, 0) is 73.0 Å². The van der Waals surface area contributed by atoms with Gasteiger partial charge in [-0.15, -0.1) is 5.10 Å². The fourth-order valence-electron chi connectivity index (χ4n) is 3.23. The van der Waals surface area contributed by atoms with Crippen LogP contribution in [0, 0.1) is 25.2 Å². The van der Waals surface area contributed by atoms with Crippen LogP contribution < -0.4 is 10.1 Å². The van der Waals surface area contributed by atoms with E-state index in [-0.39, 0.29) is 0 Å². The van der Waals surface area contributed by atoms with E-state index in [9.17, 15) is 5.11 Å². The third kappa shape index (κ3) is 3.44. The zero-order valence-electron chi connectivity index (χ0n) is 16.3. The number of nitrogens with zero attached hydrogens (tertiary/aromatic N) is 4. The molecule has 4 rings (SSSR count). The van der Waals surface area contributed by atoms with Crippen molar-refractivity contribution in [2.24, 2.45) is 0 Å². The van der Waals surface area contributed by atoms with E-state index in [2.05, 4.69) is 21.5 Å². The monoisotopic (exact) mass is 385 g/mol. The third-order valence-electron chi connectivity index (χ3n) is 4.73. The van der Waals surface area contributed by atoms with Crippen molar-refractivity contribution in [1.29, 1.82) is 5.26 Å². The van der Waals surface area contributed by atoms with Crippen LogP contribution in [0.25, 0.3) is 16.8 Å². The molecule has 0 aliphatic heterocycles. The highest BCUT2D eigenvalue weighted by atomic mass is 16.5. The van der Waals surface area contributed by atoms with Crippen LogP contribution in [-0.2, 0) is 0 Å². The molecule has 2 heterocycles.